The van der Waals surface area contributed by atoms with Gasteiger partial charge in [0.1, 0.15) is 5.76 Å². The molecule has 26 heavy (non-hydrogen) atoms. The molecule has 0 amide bonds. The van der Waals surface area contributed by atoms with Gasteiger partial charge in [0.25, 0.3) is 0 Å². The van der Waals surface area contributed by atoms with Gasteiger partial charge < -0.3 is 14.8 Å². The molecule has 0 fully saturated rings. The Hall–Kier alpha value is -2.56. The Bertz CT molecular complexity index is 749. The molecule has 2 atom stereocenters. The summed E-state index contributed by atoms with van der Waals surface area (Å²) in [4.78, 5) is 23.9. The highest BCUT2D eigenvalue weighted by Crippen LogP contribution is 2.35. The standard InChI is InChI=1S/C21H25NO4/c1-21(2)22-18(11-14-7-5-4-6-8-14)19(26-21)12-15-9-10-16(23)13-17(15)20(24)25-3/h4-10,15,17,22H,11-13H2,1-3H3. The summed E-state index contributed by atoms with van der Waals surface area (Å²) in [5.41, 5.74) is 1.72. The number of rotatable bonds is 5. The summed E-state index contributed by atoms with van der Waals surface area (Å²) < 4.78 is 11.0. The number of allylic oxidation sites excluding steroid dienone is 4. The van der Waals surface area contributed by atoms with Crippen LogP contribution in [0.15, 0.2) is 53.9 Å². The first kappa shape index (κ1) is 18.2. The summed E-state index contributed by atoms with van der Waals surface area (Å²) in [7, 11) is 1.36. The summed E-state index contributed by atoms with van der Waals surface area (Å²) in [6.07, 6.45) is 4.86. The lowest BCUT2D eigenvalue weighted by Gasteiger charge is -2.26. The maximum absolute atomic E-state index is 12.1. The summed E-state index contributed by atoms with van der Waals surface area (Å²) in [6.45, 7) is 3.95. The predicted octanol–water partition coefficient (Wildman–Crippen LogP) is 3.12. The second-order valence-corrected chi connectivity index (χ2v) is 7.33. The van der Waals surface area contributed by atoms with Crippen LogP contribution in [0.2, 0.25) is 0 Å². The van der Waals surface area contributed by atoms with Gasteiger partial charge in [-0.15, -0.1) is 0 Å². The van der Waals surface area contributed by atoms with Crippen molar-refractivity contribution in [3.8, 4) is 0 Å². The lowest BCUT2D eigenvalue weighted by Crippen LogP contribution is -2.35. The van der Waals surface area contributed by atoms with Crippen molar-refractivity contribution >= 4 is 11.8 Å². The number of ether oxygens (including phenoxy) is 2. The van der Waals surface area contributed by atoms with Gasteiger partial charge >= 0.3 is 5.97 Å². The molecular formula is C21H25NO4. The Kier molecular flexibility index (Phi) is 5.16. The monoisotopic (exact) mass is 355 g/mol. The maximum Gasteiger partial charge on any atom is 0.309 e. The van der Waals surface area contributed by atoms with Crippen LogP contribution in [0.25, 0.3) is 0 Å². The second-order valence-electron chi connectivity index (χ2n) is 7.33. The number of carbonyl (C=O) groups excluding carboxylic acids is 2. The number of nitrogens with one attached hydrogen (secondary N) is 1. The molecule has 1 heterocycles. The van der Waals surface area contributed by atoms with E-state index >= 15 is 0 Å². The van der Waals surface area contributed by atoms with Crippen LogP contribution in [0.3, 0.4) is 0 Å². The zero-order valence-corrected chi connectivity index (χ0v) is 15.5. The highest BCUT2D eigenvalue weighted by atomic mass is 16.5. The summed E-state index contributed by atoms with van der Waals surface area (Å²) in [6, 6.07) is 10.2. The lowest BCUT2D eigenvalue weighted by atomic mass is 9.80. The molecule has 0 saturated heterocycles. The van der Waals surface area contributed by atoms with Gasteiger partial charge in [-0.1, -0.05) is 36.4 Å². The fraction of sp³-hybridized carbons (Fsp3) is 0.429. The van der Waals surface area contributed by atoms with Crippen LogP contribution >= 0.6 is 0 Å². The average Bonchev–Trinajstić information content (AvgIpc) is 2.90. The molecule has 0 aromatic heterocycles. The number of carbonyl (C=O) groups is 2. The van der Waals surface area contributed by atoms with Gasteiger partial charge in [0.2, 0.25) is 0 Å². The SMILES string of the molecule is COC(=O)C1CC(=O)C=CC1CC1=C(Cc2ccccc2)NC(C)(C)O1. The zero-order valence-electron chi connectivity index (χ0n) is 15.5. The van der Waals surface area contributed by atoms with E-state index in [1.165, 1.54) is 12.7 Å². The maximum atomic E-state index is 12.1. The molecule has 138 valence electrons. The van der Waals surface area contributed by atoms with Gasteiger partial charge in [0.15, 0.2) is 11.5 Å². The van der Waals surface area contributed by atoms with E-state index in [9.17, 15) is 9.59 Å². The number of ketones is 1. The fourth-order valence-corrected chi connectivity index (χ4v) is 3.57. The molecule has 0 saturated carbocycles. The van der Waals surface area contributed by atoms with Crippen molar-refractivity contribution in [2.75, 3.05) is 7.11 Å². The van der Waals surface area contributed by atoms with Crippen LogP contribution < -0.4 is 5.32 Å². The molecule has 1 aliphatic heterocycles. The molecule has 1 aromatic carbocycles. The first-order valence-corrected chi connectivity index (χ1v) is 8.90. The molecule has 5 nitrogen and oxygen atoms in total. The Labute approximate surface area is 154 Å². The largest absolute Gasteiger partial charge is 0.471 e. The van der Waals surface area contributed by atoms with E-state index in [0.717, 1.165) is 17.9 Å². The normalized spacial score (nSPS) is 24.2. The van der Waals surface area contributed by atoms with Crippen LogP contribution in [0.4, 0.5) is 0 Å². The van der Waals surface area contributed by atoms with E-state index in [1.54, 1.807) is 6.08 Å². The molecular weight excluding hydrogens is 330 g/mol. The van der Waals surface area contributed by atoms with Crippen LogP contribution in [0, 0.1) is 11.8 Å². The third-order valence-electron chi connectivity index (χ3n) is 4.78. The third-order valence-corrected chi connectivity index (χ3v) is 4.78. The van der Waals surface area contributed by atoms with Crippen LogP contribution in [-0.2, 0) is 25.5 Å². The van der Waals surface area contributed by atoms with Gasteiger partial charge in [-0.2, -0.15) is 0 Å². The Balaban J connectivity index is 1.84. The summed E-state index contributed by atoms with van der Waals surface area (Å²) >= 11 is 0. The molecule has 1 N–H and O–H groups in total. The van der Waals surface area contributed by atoms with Crippen molar-refractivity contribution in [3.63, 3.8) is 0 Å². The molecule has 0 bridgehead atoms. The number of methoxy groups -OCH3 is 1. The van der Waals surface area contributed by atoms with Crippen molar-refractivity contribution in [3.05, 3.63) is 59.5 Å². The smallest absolute Gasteiger partial charge is 0.309 e. The van der Waals surface area contributed by atoms with E-state index in [4.69, 9.17) is 9.47 Å². The predicted molar refractivity (Wildman–Crippen MR) is 97.8 cm³/mol. The Morgan fingerprint density at radius 3 is 2.73 bits per heavy atom. The lowest BCUT2D eigenvalue weighted by molar-refractivity contribution is -0.148. The number of hydrogen-bond donors (Lipinski definition) is 1. The van der Waals surface area contributed by atoms with Crippen LogP contribution in [-0.4, -0.2) is 24.6 Å². The zero-order chi connectivity index (χ0) is 18.7. The summed E-state index contributed by atoms with van der Waals surface area (Å²) in [5, 5.41) is 3.44. The molecule has 0 spiro atoms. The Morgan fingerprint density at radius 1 is 1.31 bits per heavy atom. The molecule has 1 aliphatic carbocycles. The van der Waals surface area contributed by atoms with Crippen molar-refractivity contribution < 1.29 is 19.1 Å². The number of hydrogen-bond acceptors (Lipinski definition) is 5. The Morgan fingerprint density at radius 2 is 2.04 bits per heavy atom. The van der Waals surface area contributed by atoms with Crippen molar-refractivity contribution in [2.24, 2.45) is 11.8 Å². The minimum atomic E-state index is -0.492. The van der Waals surface area contributed by atoms with Crippen molar-refractivity contribution in [1.29, 1.82) is 0 Å². The van der Waals surface area contributed by atoms with E-state index in [2.05, 4.69) is 17.4 Å². The van der Waals surface area contributed by atoms with Gasteiger partial charge in [-0.25, -0.2) is 0 Å². The summed E-state index contributed by atoms with van der Waals surface area (Å²) in [5.74, 6) is -0.118. The van der Waals surface area contributed by atoms with E-state index in [1.807, 2.05) is 38.1 Å². The van der Waals surface area contributed by atoms with E-state index < -0.39 is 11.6 Å². The second kappa shape index (κ2) is 7.36. The molecule has 2 unspecified atom stereocenters. The highest BCUT2D eigenvalue weighted by molar-refractivity contribution is 5.94. The van der Waals surface area contributed by atoms with E-state index in [0.29, 0.717) is 6.42 Å². The quantitative estimate of drug-likeness (QED) is 0.822. The first-order chi connectivity index (χ1) is 12.4. The number of benzene rings is 1. The van der Waals surface area contributed by atoms with Crippen molar-refractivity contribution in [1.82, 2.24) is 5.32 Å². The van der Waals surface area contributed by atoms with Gasteiger partial charge in [0.05, 0.1) is 18.7 Å². The van der Waals surface area contributed by atoms with Gasteiger partial charge in [0, 0.05) is 19.3 Å². The van der Waals surface area contributed by atoms with Gasteiger partial charge in [-0.05, 0) is 31.4 Å². The van der Waals surface area contributed by atoms with E-state index in [-0.39, 0.29) is 24.1 Å². The highest BCUT2D eigenvalue weighted by Gasteiger charge is 2.37. The van der Waals surface area contributed by atoms with Crippen LogP contribution in [0.5, 0.6) is 0 Å². The number of esters is 1. The molecule has 5 heteroatoms. The van der Waals surface area contributed by atoms with Gasteiger partial charge in [-0.3, -0.25) is 9.59 Å². The molecule has 2 aliphatic rings. The fourth-order valence-electron chi connectivity index (χ4n) is 3.57. The first-order valence-electron chi connectivity index (χ1n) is 8.90. The molecule has 1 aromatic rings. The average molecular weight is 355 g/mol. The topological polar surface area (TPSA) is 64.6 Å². The van der Waals surface area contributed by atoms with Crippen LogP contribution in [0.1, 0.15) is 32.3 Å². The molecule has 0 radical (unpaired) electrons. The third kappa shape index (κ3) is 4.15. The minimum Gasteiger partial charge on any atom is -0.471 e. The minimum absolute atomic E-state index is 0.0408. The van der Waals surface area contributed by atoms with Crippen molar-refractivity contribution in [2.45, 2.75) is 38.8 Å². The molecule has 3 rings (SSSR count).